The summed E-state index contributed by atoms with van der Waals surface area (Å²) in [4.78, 5) is 7.85. The van der Waals surface area contributed by atoms with Crippen LogP contribution in [0.5, 0.6) is 0 Å². The molecule has 0 saturated heterocycles. The number of para-hydroxylation sites is 2. The molecule has 0 bridgehead atoms. The smallest absolute Gasteiger partial charge is 0.127 e. The fourth-order valence-corrected chi connectivity index (χ4v) is 1.77. The largest absolute Gasteiger partial charge is 0.340 e. The number of nitrogens with two attached hydrogens (primary N) is 1. The molecule has 0 aliphatic heterocycles. The van der Waals surface area contributed by atoms with Crippen LogP contribution in [0.4, 0.5) is 0 Å². The quantitative estimate of drug-likeness (QED) is 0.805. The summed E-state index contributed by atoms with van der Waals surface area (Å²) >= 11 is 0. The standard InChI is InChI=1S/C12H17N3/c1-3-12(13,4-2)11-14-9-7-5-6-8-10(9)15-11/h5-8H,3-4,13H2,1-2H3,(H,14,15). The number of imidazole rings is 1. The van der Waals surface area contributed by atoms with Crippen molar-refractivity contribution in [3.63, 3.8) is 0 Å². The Bertz CT molecular complexity index is 422. The van der Waals surface area contributed by atoms with Crippen LogP contribution < -0.4 is 5.73 Å². The van der Waals surface area contributed by atoms with E-state index in [4.69, 9.17) is 5.73 Å². The third kappa shape index (κ3) is 1.63. The summed E-state index contributed by atoms with van der Waals surface area (Å²) in [5.41, 5.74) is 8.02. The first-order chi connectivity index (χ1) is 7.19. The Hall–Kier alpha value is -1.35. The number of H-pyrrole nitrogens is 1. The first-order valence-corrected chi connectivity index (χ1v) is 5.43. The van der Waals surface area contributed by atoms with E-state index in [1.54, 1.807) is 0 Å². The summed E-state index contributed by atoms with van der Waals surface area (Å²) in [6.07, 6.45) is 1.78. The van der Waals surface area contributed by atoms with Crippen LogP contribution in [0.15, 0.2) is 24.3 Å². The normalized spacial score (nSPS) is 12.2. The molecule has 3 nitrogen and oxygen atoms in total. The third-order valence-electron chi connectivity index (χ3n) is 3.12. The Kier molecular flexibility index (Phi) is 2.49. The molecular weight excluding hydrogens is 186 g/mol. The molecule has 0 aliphatic rings. The second-order valence-electron chi connectivity index (χ2n) is 3.97. The predicted molar refractivity (Wildman–Crippen MR) is 62.5 cm³/mol. The molecule has 15 heavy (non-hydrogen) atoms. The van der Waals surface area contributed by atoms with Crippen molar-refractivity contribution in [3.8, 4) is 0 Å². The Balaban J connectivity index is 2.52. The number of aromatic nitrogens is 2. The molecule has 2 aromatic rings. The van der Waals surface area contributed by atoms with Crippen molar-refractivity contribution < 1.29 is 0 Å². The SMILES string of the molecule is CCC(N)(CC)c1nc2ccccc2[nH]1. The van der Waals surface area contributed by atoms with E-state index in [0.29, 0.717) is 0 Å². The van der Waals surface area contributed by atoms with Crippen LogP contribution in [0.2, 0.25) is 0 Å². The van der Waals surface area contributed by atoms with E-state index < -0.39 is 0 Å². The molecule has 0 amide bonds. The summed E-state index contributed by atoms with van der Waals surface area (Å²) in [5.74, 6) is 0.897. The number of aromatic amines is 1. The van der Waals surface area contributed by atoms with Crippen molar-refractivity contribution in [2.75, 3.05) is 0 Å². The van der Waals surface area contributed by atoms with Gasteiger partial charge < -0.3 is 10.7 Å². The summed E-state index contributed by atoms with van der Waals surface area (Å²) < 4.78 is 0. The zero-order valence-electron chi connectivity index (χ0n) is 9.25. The molecule has 2 rings (SSSR count). The van der Waals surface area contributed by atoms with Gasteiger partial charge in [0.15, 0.2) is 0 Å². The maximum absolute atomic E-state index is 6.29. The van der Waals surface area contributed by atoms with Gasteiger partial charge in [-0.15, -0.1) is 0 Å². The van der Waals surface area contributed by atoms with E-state index in [1.165, 1.54) is 0 Å². The molecule has 1 aromatic heterocycles. The maximum Gasteiger partial charge on any atom is 0.127 e. The van der Waals surface area contributed by atoms with E-state index >= 15 is 0 Å². The van der Waals surface area contributed by atoms with Gasteiger partial charge in [0.25, 0.3) is 0 Å². The summed E-state index contributed by atoms with van der Waals surface area (Å²) in [6.45, 7) is 4.19. The minimum absolute atomic E-state index is 0.320. The maximum atomic E-state index is 6.29. The molecule has 0 saturated carbocycles. The van der Waals surface area contributed by atoms with E-state index in [1.807, 2.05) is 24.3 Å². The predicted octanol–water partition coefficient (Wildman–Crippen LogP) is 2.54. The van der Waals surface area contributed by atoms with Crippen LogP contribution in [-0.4, -0.2) is 9.97 Å². The van der Waals surface area contributed by atoms with Crippen LogP contribution in [-0.2, 0) is 5.54 Å². The van der Waals surface area contributed by atoms with Crippen LogP contribution >= 0.6 is 0 Å². The van der Waals surface area contributed by atoms with Gasteiger partial charge in [-0.3, -0.25) is 0 Å². The van der Waals surface area contributed by atoms with Crippen molar-refractivity contribution in [2.45, 2.75) is 32.2 Å². The lowest BCUT2D eigenvalue weighted by Gasteiger charge is -2.23. The van der Waals surface area contributed by atoms with Crippen molar-refractivity contribution in [3.05, 3.63) is 30.1 Å². The topological polar surface area (TPSA) is 54.7 Å². The first-order valence-electron chi connectivity index (χ1n) is 5.43. The minimum atomic E-state index is -0.320. The molecule has 0 radical (unpaired) electrons. The first kappa shape index (κ1) is 10.2. The number of hydrogen-bond acceptors (Lipinski definition) is 2. The van der Waals surface area contributed by atoms with Gasteiger partial charge in [-0.1, -0.05) is 26.0 Å². The highest BCUT2D eigenvalue weighted by molar-refractivity contribution is 5.74. The van der Waals surface area contributed by atoms with Crippen LogP contribution in [0, 0.1) is 0 Å². The van der Waals surface area contributed by atoms with Crippen molar-refractivity contribution in [1.82, 2.24) is 9.97 Å². The highest BCUT2D eigenvalue weighted by Crippen LogP contribution is 2.25. The molecule has 3 heteroatoms. The molecule has 0 fully saturated rings. The molecule has 1 aromatic carbocycles. The van der Waals surface area contributed by atoms with Gasteiger partial charge in [0.1, 0.15) is 5.82 Å². The third-order valence-corrected chi connectivity index (χ3v) is 3.12. The summed E-state index contributed by atoms with van der Waals surface area (Å²) in [7, 11) is 0. The van der Waals surface area contributed by atoms with Crippen molar-refractivity contribution in [1.29, 1.82) is 0 Å². The van der Waals surface area contributed by atoms with Crippen LogP contribution in [0.25, 0.3) is 11.0 Å². The molecular formula is C12H17N3. The number of nitrogens with one attached hydrogen (secondary N) is 1. The molecule has 0 atom stereocenters. The van der Waals surface area contributed by atoms with E-state index in [0.717, 1.165) is 29.7 Å². The Labute approximate surface area is 89.7 Å². The second-order valence-corrected chi connectivity index (χ2v) is 3.97. The van der Waals surface area contributed by atoms with E-state index in [9.17, 15) is 0 Å². The number of fused-ring (bicyclic) bond motifs is 1. The van der Waals surface area contributed by atoms with Gasteiger partial charge in [0, 0.05) is 0 Å². The molecule has 1 heterocycles. The van der Waals surface area contributed by atoms with Gasteiger partial charge >= 0.3 is 0 Å². The monoisotopic (exact) mass is 203 g/mol. The lowest BCUT2D eigenvalue weighted by Crippen LogP contribution is -2.36. The zero-order valence-corrected chi connectivity index (χ0v) is 9.25. The van der Waals surface area contributed by atoms with Crippen molar-refractivity contribution >= 4 is 11.0 Å². The van der Waals surface area contributed by atoms with Gasteiger partial charge in [0.2, 0.25) is 0 Å². The number of rotatable bonds is 3. The highest BCUT2D eigenvalue weighted by Gasteiger charge is 2.26. The van der Waals surface area contributed by atoms with Crippen LogP contribution in [0.1, 0.15) is 32.5 Å². The Morgan fingerprint density at radius 3 is 2.53 bits per heavy atom. The van der Waals surface area contributed by atoms with Gasteiger partial charge in [-0.25, -0.2) is 4.98 Å². The molecule has 3 N–H and O–H groups in total. The number of nitrogens with zero attached hydrogens (tertiary/aromatic N) is 1. The zero-order chi connectivity index (χ0) is 10.9. The average molecular weight is 203 g/mol. The lowest BCUT2D eigenvalue weighted by atomic mass is 9.93. The molecule has 0 unspecified atom stereocenters. The van der Waals surface area contributed by atoms with Crippen molar-refractivity contribution in [2.24, 2.45) is 5.73 Å². The second kappa shape index (κ2) is 3.66. The summed E-state index contributed by atoms with van der Waals surface area (Å²) in [6, 6.07) is 8.02. The van der Waals surface area contributed by atoms with Gasteiger partial charge in [-0.05, 0) is 25.0 Å². The molecule has 80 valence electrons. The van der Waals surface area contributed by atoms with Gasteiger partial charge in [0.05, 0.1) is 16.6 Å². The summed E-state index contributed by atoms with van der Waals surface area (Å²) in [5, 5.41) is 0. The van der Waals surface area contributed by atoms with Gasteiger partial charge in [-0.2, -0.15) is 0 Å². The minimum Gasteiger partial charge on any atom is -0.340 e. The van der Waals surface area contributed by atoms with Crippen LogP contribution in [0.3, 0.4) is 0 Å². The van der Waals surface area contributed by atoms with E-state index in [-0.39, 0.29) is 5.54 Å². The fourth-order valence-electron chi connectivity index (χ4n) is 1.77. The Morgan fingerprint density at radius 1 is 1.27 bits per heavy atom. The number of benzene rings is 1. The molecule has 0 aliphatic carbocycles. The average Bonchev–Trinajstić information content (AvgIpc) is 2.72. The highest BCUT2D eigenvalue weighted by atomic mass is 15.0. The Morgan fingerprint density at radius 2 is 1.93 bits per heavy atom. The van der Waals surface area contributed by atoms with E-state index in [2.05, 4.69) is 23.8 Å². The number of hydrogen-bond donors (Lipinski definition) is 2. The fraction of sp³-hybridized carbons (Fsp3) is 0.417. The lowest BCUT2D eigenvalue weighted by molar-refractivity contribution is 0.392. The molecule has 0 spiro atoms.